The van der Waals surface area contributed by atoms with Crippen LogP contribution in [0.25, 0.3) is 0 Å². The third-order valence-corrected chi connectivity index (χ3v) is 7.49. The van der Waals surface area contributed by atoms with E-state index in [1.54, 1.807) is 48.5 Å². The summed E-state index contributed by atoms with van der Waals surface area (Å²) in [6.07, 6.45) is 0. The fourth-order valence-corrected chi connectivity index (χ4v) is 4.80. The van der Waals surface area contributed by atoms with E-state index in [-0.39, 0.29) is 23.5 Å². The number of rotatable bonds is 8. The van der Waals surface area contributed by atoms with Gasteiger partial charge in [0.15, 0.2) is 18.1 Å². The van der Waals surface area contributed by atoms with Crippen LogP contribution in [0.2, 0.25) is 0 Å². The molecule has 3 aromatic rings. The van der Waals surface area contributed by atoms with Crippen LogP contribution in [0, 0.1) is 6.92 Å². The third-order valence-electron chi connectivity index (χ3n) is 5.69. The monoisotopic (exact) mass is 496 g/mol. The van der Waals surface area contributed by atoms with Crippen molar-refractivity contribution in [3.05, 3.63) is 77.9 Å². The van der Waals surface area contributed by atoms with Crippen LogP contribution >= 0.6 is 0 Å². The van der Waals surface area contributed by atoms with Crippen LogP contribution in [0.1, 0.15) is 24.1 Å². The largest absolute Gasteiger partial charge is 0.486 e. The van der Waals surface area contributed by atoms with E-state index in [4.69, 9.17) is 14.2 Å². The summed E-state index contributed by atoms with van der Waals surface area (Å²) in [5.41, 5.74) is 2.36. The molecule has 1 N–H and O–H groups in total. The zero-order chi connectivity index (χ0) is 25.0. The molecule has 1 amide bonds. The molecule has 1 heterocycles. The smallest absolute Gasteiger partial charge is 0.264 e. The van der Waals surface area contributed by atoms with Crippen molar-refractivity contribution in [1.29, 1.82) is 0 Å². The molecule has 0 saturated carbocycles. The Bertz CT molecular complexity index is 1290. The van der Waals surface area contributed by atoms with Gasteiger partial charge >= 0.3 is 0 Å². The highest BCUT2D eigenvalue weighted by Gasteiger charge is 2.21. The molecule has 0 radical (unpaired) electrons. The Morgan fingerprint density at radius 2 is 1.66 bits per heavy atom. The second kappa shape index (κ2) is 10.3. The Hall–Kier alpha value is -3.72. The maximum Gasteiger partial charge on any atom is 0.264 e. The maximum atomic E-state index is 12.9. The van der Waals surface area contributed by atoms with Crippen LogP contribution in [-0.4, -0.2) is 41.2 Å². The summed E-state index contributed by atoms with van der Waals surface area (Å²) in [5.74, 6) is 1.54. The number of hydrogen-bond acceptors (Lipinski definition) is 6. The number of aryl methyl sites for hydroxylation is 1. The number of hydrogen-bond donors (Lipinski definition) is 1. The molecule has 3 aromatic carbocycles. The molecule has 1 aliphatic heterocycles. The Labute approximate surface area is 205 Å². The van der Waals surface area contributed by atoms with Gasteiger partial charge in [-0.1, -0.05) is 23.8 Å². The normalized spacial score (nSPS) is 13.6. The predicted octanol–water partition coefficient (Wildman–Crippen LogP) is 3.85. The standard InChI is InChI=1S/C26H28N2O6S/c1-18-4-11-23(12-5-18)35(30,31)28(3)21-7-9-22(10-8-21)34-17-26(29)27-19(2)20-6-13-24-25(16-20)33-15-14-32-24/h4-13,16,19H,14-15,17H2,1-3H3,(H,27,29)/t19-/m1/s1. The Kier molecular flexibility index (Phi) is 7.16. The first kappa shape index (κ1) is 24.4. The number of anilines is 1. The van der Waals surface area contributed by atoms with E-state index in [1.807, 2.05) is 32.0 Å². The van der Waals surface area contributed by atoms with Gasteiger partial charge < -0.3 is 19.5 Å². The van der Waals surface area contributed by atoms with Gasteiger partial charge in [0, 0.05) is 7.05 Å². The summed E-state index contributed by atoms with van der Waals surface area (Å²) in [5, 5.41) is 2.90. The van der Waals surface area contributed by atoms with Gasteiger partial charge in [0.1, 0.15) is 19.0 Å². The van der Waals surface area contributed by atoms with Gasteiger partial charge in [-0.25, -0.2) is 8.42 Å². The summed E-state index contributed by atoms with van der Waals surface area (Å²) in [6.45, 7) is 4.62. The van der Waals surface area contributed by atoms with Crippen LogP contribution in [0.3, 0.4) is 0 Å². The average molecular weight is 497 g/mol. The van der Waals surface area contributed by atoms with Crippen molar-refractivity contribution in [1.82, 2.24) is 5.32 Å². The van der Waals surface area contributed by atoms with Crippen molar-refractivity contribution in [3.63, 3.8) is 0 Å². The molecule has 4 rings (SSSR count). The molecular weight excluding hydrogens is 468 g/mol. The van der Waals surface area contributed by atoms with Crippen molar-refractivity contribution < 1.29 is 27.4 Å². The SMILES string of the molecule is Cc1ccc(S(=O)(=O)N(C)c2ccc(OCC(=O)N[C@H](C)c3ccc4c(c3)OCCO4)cc2)cc1. The minimum Gasteiger partial charge on any atom is -0.486 e. The van der Waals surface area contributed by atoms with E-state index >= 15 is 0 Å². The molecule has 8 nitrogen and oxygen atoms in total. The molecule has 0 saturated heterocycles. The highest BCUT2D eigenvalue weighted by atomic mass is 32.2. The van der Waals surface area contributed by atoms with E-state index < -0.39 is 10.0 Å². The van der Waals surface area contributed by atoms with Gasteiger partial charge in [0.2, 0.25) is 0 Å². The highest BCUT2D eigenvalue weighted by Crippen LogP contribution is 2.32. The molecule has 9 heteroatoms. The molecule has 184 valence electrons. The lowest BCUT2D eigenvalue weighted by molar-refractivity contribution is -0.123. The Balaban J connectivity index is 1.32. The van der Waals surface area contributed by atoms with Crippen molar-refractivity contribution in [2.75, 3.05) is 31.2 Å². The zero-order valence-electron chi connectivity index (χ0n) is 19.9. The van der Waals surface area contributed by atoms with Crippen LogP contribution in [0.4, 0.5) is 5.69 Å². The molecule has 1 aliphatic rings. The third kappa shape index (κ3) is 5.68. The van der Waals surface area contributed by atoms with E-state index in [2.05, 4.69) is 5.32 Å². The van der Waals surface area contributed by atoms with Gasteiger partial charge in [0.25, 0.3) is 15.9 Å². The molecule has 0 bridgehead atoms. The number of nitrogens with zero attached hydrogens (tertiary/aromatic N) is 1. The van der Waals surface area contributed by atoms with Gasteiger partial charge in [0.05, 0.1) is 16.6 Å². The van der Waals surface area contributed by atoms with E-state index in [9.17, 15) is 13.2 Å². The second-order valence-electron chi connectivity index (χ2n) is 8.26. The predicted molar refractivity (Wildman–Crippen MR) is 133 cm³/mol. The minimum atomic E-state index is -3.68. The number of ether oxygens (including phenoxy) is 3. The molecule has 35 heavy (non-hydrogen) atoms. The van der Waals surface area contributed by atoms with Crippen molar-refractivity contribution >= 4 is 21.6 Å². The van der Waals surface area contributed by atoms with Crippen LogP contribution in [-0.2, 0) is 14.8 Å². The Morgan fingerprint density at radius 1 is 1.00 bits per heavy atom. The fourth-order valence-electron chi connectivity index (χ4n) is 3.60. The molecule has 1 atom stereocenters. The van der Waals surface area contributed by atoms with Gasteiger partial charge in [-0.3, -0.25) is 9.10 Å². The van der Waals surface area contributed by atoms with E-state index in [0.717, 1.165) is 11.1 Å². The van der Waals surface area contributed by atoms with Gasteiger partial charge in [-0.15, -0.1) is 0 Å². The molecule has 0 fully saturated rings. The first-order chi connectivity index (χ1) is 16.7. The lowest BCUT2D eigenvalue weighted by Crippen LogP contribution is -2.31. The van der Waals surface area contributed by atoms with Crippen molar-refractivity contribution in [3.8, 4) is 17.2 Å². The number of carbonyl (C=O) groups is 1. The minimum absolute atomic E-state index is 0.175. The number of amides is 1. The summed E-state index contributed by atoms with van der Waals surface area (Å²) in [4.78, 5) is 12.6. The number of fused-ring (bicyclic) bond motifs is 1. The molecule has 0 aromatic heterocycles. The van der Waals surface area contributed by atoms with Crippen molar-refractivity contribution in [2.45, 2.75) is 24.8 Å². The summed E-state index contributed by atoms with van der Waals surface area (Å²) in [7, 11) is -2.18. The second-order valence-corrected chi connectivity index (χ2v) is 10.2. The number of benzene rings is 3. The first-order valence-corrected chi connectivity index (χ1v) is 12.7. The topological polar surface area (TPSA) is 94.2 Å². The van der Waals surface area contributed by atoms with Crippen LogP contribution in [0.5, 0.6) is 17.2 Å². The molecule has 0 aliphatic carbocycles. The number of sulfonamides is 1. The summed E-state index contributed by atoms with van der Waals surface area (Å²) < 4.78 is 43.7. The van der Waals surface area contributed by atoms with Crippen molar-refractivity contribution in [2.24, 2.45) is 0 Å². The quantitative estimate of drug-likeness (QED) is 0.509. The Morgan fingerprint density at radius 3 is 2.34 bits per heavy atom. The van der Waals surface area contributed by atoms with Gasteiger partial charge in [-0.05, 0) is 67.9 Å². The molecule has 0 spiro atoms. The maximum absolute atomic E-state index is 12.9. The van der Waals surface area contributed by atoms with Crippen LogP contribution < -0.4 is 23.8 Å². The molecule has 0 unspecified atom stereocenters. The lowest BCUT2D eigenvalue weighted by atomic mass is 10.1. The summed E-state index contributed by atoms with van der Waals surface area (Å²) in [6, 6.07) is 18.6. The van der Waals surface area contributed by atoms with Gasteiger partial charge in [-0.2, -0.15) is 0 Å². The number of carbonyl (C=O) groups excluding carboxylic acids is 1. The highest BCUT2D eigenvalue weighted by molar-refractivity contribution is 7.92. The zero-order valence-corrected chi connectivity index (χ0v) is 20.7. The molecular formula is C26H28N2O6S. The summed E-state index contributed by atoms with van der Waals surface area (Å²) >= 11 is 0. The van der Waals surface area contributed by atoms with E-state index in [1.165, 1.54) is 11.4 Å². The first-order valence-electron chi connectivity index (χ1n) is 11.2. The lowest BCUT2D eigenvalue weighted by Gasteiger charge is -2.21. The number of nitrogens with one attached hydrogen (secondary N) is 1. The fraction of sp³-hybridized carbons (Fsp3) is 0.269. The average Bonchev–Trinajstić information content (AvgIpc) is 2.87. The van der Waals surface area contributed by atoms with E-state index in [0.29, 0.717) is 36.1 Å². The van der Waals surface area contributed by atoms with Crippen LogP contribution in [0.15, 0.2) is 71.6 Å².